The summed E-state index contributed by atoms with van der Waals surface area (Å²) < 4.78 is 0. The van der Waals surface area contributed by atoms with Gasteiger partial charge in [0.1, 0.15) is 0 Å². The van der Waals surface area contributed by atoms with Gasteiger partial charge in [-0.1, -0.05) is 39.0 Å². The molecule has 0 bridgehead atoms. The van der Waals surface area contributed by atoms with E-state index < -0.39 is 0 Å². The quantitative estimate of drug-likeness (QED) is 0.614. The largest absolute Gasteiger partial charge is 0.368 e. The van der Waals surface area contributed by atoms with Crippen molar-refractivity contribution in [1.82, 2.24) is 4.90 Å². The Balaban J connectivity index is 2.89. The molecule has 0 saturated carbocycles. The van der Waals surface area contributed by atoms with Gasteiger partial charge in [0, 0.05) is 12.7 Å². The van der Waals surface area contributed by atoms with Crippen molar-refractivity contribution in [3.63, 3.8) is 0 Å². The maximum atomic E-state index is 2.33. The minimum Gasteiger partial charge on any atom is -0.368 e. The molecule has 0 spiro atoms. The van der Waals surface area contributed by atoms with Gasteiger partial charge in [0.05, 0.1) is 6.04 Å². The van der Waals surface area contributed by atoms with E-state index in [4.69, 9.17) is 0 Å². The number of hydrogen-bond donors (Lipinski definition) is 0. The summed E-state index contributed by atoms with van der Waals surface area (Å²) in [5, 5.41) is 0. The third kappa shape index (κ3) is 2.28. The summed E-state index contributed by atoms with van der Waals surface area (Å²) in [5.74, 6) is 0. The van der Waals surface area contributed by atoms with Gasteiger partial charge in [-0.25, -0.2) is 0 Å². The molecule has 0 saturated heterocycles. The van der Waals surface area contributed by atoms with Gasteiger partial charge in [0.2, 0.25) is 0 Å². The predicted molar refractivity (Wildman–Crippen MR) is 63.0 cm³/mol. The van der Waals surface area contributed by atoms with Gasteiger partial charge >= 0.3 is 0 Å². The molecule has 0 radical (unpaired) electrons. The molecule has 0 N–H and O–H groups in total. The Bertz CT molecular complexity index is 276. The van der Waals surface area contributed by atoms with Gasteiger partial charge in [-0.15, -0.1) is 0 Å². The average Bonchev–Trinajstić information content (AvgIpc) is 2.07. The molecule has 0 fully saturated rings. The first-order valence-corrected chi connectivity index (χ1v) is 5.21. The summed E-state index contributed by atoms with van der Waals surface area (Å²) in [6.45, 7) is 8.88. The molecule has 1 nitrogen and oxygen atoms in total. The van der Waals surface area contributed by atoms with Crippen molar-refractivity contribution in [3.05, 3.63) is 36.1 Å². The molecule has 0 aromatic heterocycles. The van der Waals surface area contributed by atoms with Crippen LogP contribution in [0, 0.1) is 5.41 Å². The van der Waals surface area contributed by atoms with Crippen molar-refractivity contribution >= 4 is 0 Å². The molecule has 14 heavy (non-hydrogen) atoms. The third-order valence-electron chi connectivity index (χ3n) is 2.61. The SMILES string of the molecule is C/C=C/C1=CC=CC(C(C)(C)C)N1C. The lowest BCUT2D eigenvalue weighted by Crippen LogP contribution is -2.40. The summed E-state index contributed by atoms with van der Waals surface area (Å²) in [4.78, 5) is 2.33. The van der Waals surface area contributed by atoms with Crippen molar-refractivity contribution in [2.75, 3.05) is 7.05 Å². The van der Waals surface area contributed by atoms with Crippen LogP contribution in [-0.2, 0) is 0 Å². The summed E-state index contributed by atoms with van der Waals surface area (Å²) >= 11 is 0. The van der Waals surface area contributed by atoms with Crippen LogP contribution in [0.15, 0.2) is 36.1 Å². The third-order valence-corrected chi connectivity index (χ3v) is 2.61. The Morgan fingerprint density at radius 2 is 2.00 bits per heavy atom. The second-order valence-corrected chi connectivity index (χ2v) is 4.90. The van der Waals surface area contributed by atoms with Crippen molar-refractivity contribution in [3.8, 4) is 0 Å². The lowest BCUT2D eigenvalue weighted by molar-refractivity contribution is 0.203. The molecule has 1 aliphatic rings. The fourth-order valence-corrected chi connectivity index (χ4v) is 1.88. The Hall–Kier alpha value is -0.980. The van der Waals surface area contributed by atoms with E-state index in [-0.39, 0.29) is 5.41 Å². The second-order valence-electron chi connectivity index (χ2n) is 4.90. The minimum atomic E-state index is 0.284. The first-order valence-electron chi connectivity index (χ1n) is 5.21. The Morgan fingerprint density at radius 1 is 1.36 bits per heavy atom. The maximum Gasteiger partial charge on any atom is 0.0521 e. The number of likely N-dealkylation sites (N-methyl/N-ethyl adjacent to an activating group) is 1. The number of allylic oxidation sites excluding steroid dienone is 4. The summed E-state index contributed by atoms with van der Waals surface area (Å²) in [6.07, 6.45) is 10.8. The first-order chi connectivity index (χ1) is 6.46. The van der Waals surface area contributed by atoms with E-state index in [1.807, 2.05) is 0 Å². The Labute approximate surface area is 87.8 Å². The van der Waals surface area contributed by atoms with Gasteiger partial charge in [0.25, 0.3) is 0 Å². The zero-order valence-corrected chi connectivity index (χ0v) is 9.91. The standard InChI is InChI=1S/C13H21N/c1-6-8-11-9-7-10-12(14(11)5)13(2,3)4/h6-10,12H,1-5H3/b8-6+. The lowest BCUT2D eigenvalue weighted by atomic mass is 9.84. The monoisotopic (exact) mass is 191 g/mol. The first kappa shape index (κ1) is 11.1. The highest BCUT2D eigenvalue weighted by Gasteiger charge is 2.27. The van der Waals surface area contributed by atoms with E-state index in [1.165, 1.54) is 5.70 Å². The highest BCUT2D eigenvalue weighted by atomic mass is 15.1. The minimum absolute atomic E-state index is 0.284. The Morgan fingerprint density at radius 3 is 2.50 bits per heavy atom. The fraction of sp³-hybridized carbons (Fsp3) is 0.538. The van der Waals surface area contributed by atoms with Gasteiger partial charge in [0.15, 0.2) is 0 Å². The zero-order chi connectivity index (χ0) is 10.8. The molecule has 1 unspecified atom stereocenters. The predicted octanol–water partition coefficient (Wildman–Crippen LogP) is 3.36. The highest BCUT2D eigenvalue weighted by Crippen LogP contribution is 2.29. The topological polar surface area (TPSA) is 3.24 Å². The lowest BCUT2D eigenvalue weighted by Gasteiger charge is -2.39. The van der Waals surface area contributed by atoms with Crippen LogP contribution in [0.3, 0.4) is 0 Å². The number of nitrogens with zero attached hydrogens (tertiary/aromatic N) is 1. The summed E-state index contributed by atoms with van der Waals surface area (Å²) in [7, 11) is 2.16. The molecular formula is C13H21N. The molecular weight excluding hydrogens is 170 g/mol. The average molecular weight is 191 g/mol. The molecule has 78 valence electrons. The summed E-state index contributed by atoms with van der Waals surface area (Å²) in [6, 6.07) is 0.485. The van der Waals surface area contributed by atoms with Gasteiger partial charge in [-0.3, -0.25) is 0 Å². The molecule has 0 aromatic carbocycles. The van der Waals surface area contributed by atoms with Crippen LogP contribution >= 0.6 is 0 Å². The molecule has 0 aromatic rings. The van der Waals surface area contributed by atoms with Crippen molar-refractivity contribution in [2.45, 2.75) is 33.7 Å². The van der Waals surface area contributed by atoms with Crippen LogP contribution in [0.1, 0.15) is 27.7 Å². The van der Waals surface area contributed by atoms with Crippen molar-refractivity contribution in [2.24, 2.45) is 5.41 Å². The molecule has 0 amide bonds. The molecule has 1 heteroatoms. The van der Waals surface area contributed by atoms with Gasteiger partial charge in [-0.2, -0.15) is 0 Å². The molecule has 1 rings (SSSR count). The van der Waals surface area contributed by atoms with Crippen LogP contribution < -0.4 is 0 Å². The molecule has 1 atom stereocenters. The van der Waals surface area contributed by atoms with Crippen molar-refractivity contribution in [1.29, 1.82) is 0 Å². The molecule has 0 aliphatic carbocycles. The highest BCUT2D eigenvalue weighted by molar-refractivity contribution is 5.29. The van der Waals surface area contributed by atoms with Gasteiger partial charge < -0.3 is 4.90 Å². The van der Waals surface area contributed by atoms with E-state index >= 15 is 0 Å². The van der Waals surface area contributed by atoms with E-state index in [9.17, 15) is 0 Å². The van der Waals surface area contributed by atoms with E-state index in [1.54, 1.807) is 0 Å². The normalized spacial score (nSPS) is 23.1. The number of rotatable bonds is 1. The fourth-order valence-electron chi connectivity index (χ4n) is 1.88. The van der Waals surface area contributed by atoms with Crippen LogP contribution in [0.4, 0.5) is 0 Å². The van der Waals surface area contributed by atoms with E-state index in [2.05, 4.69) is 70.0 Å². The molecule has 1 aliphatic heterocycles. The smallest absolute Gasteiger partial charge is 0.0521 e. The van der Waals surface area contributed by atoms with Gasteiger partial charge in [-0.05, 0) is 24.5 Å². The van der Waals surface area contributed by atoms with E-state index in [0.29, 0.717) is 6.04 Å². The number of hydrogen-bond acceptors (Lipinski definition) is 1. The summed E-state index contributed by atoms with van der Waals surface area (Å²) in [5.41, 5.74) is 1.57. The maximum absolute atomic E-state index is 2.33. The zero-order valence-electron chi connectivity index (χ0n) is 9.91. The van der Waals surface area contributed by atoms with Crippen LogP contribution in [0.5, 0.6) is 0 Å². The van der Waals surface area contributed by atoms with Crippen LogP contribution in [0.2, 0.25) is 0 Å². The second kappa shape index (κ2) is 4.04. The Kier molecular flexibility index (Phi) is 3.20. The van der Waals surface area contributed by atoms with Crippen LogP contribution in [0.25, 0.3) is 0 Å². The molecule has 1 heterocycles. The van der Waals surface area contributed by atoms with Crippen LogP contribution in [-0.4, -0.2) is 18.0 Å². The van der Waals surface area contributed by atoms with Crippen molar-refractivity contribution < 1.29 is 0 Å². The van der Waals surface area contributed by atoms with E-state index in [0.717, 1.165) is 0 Å².